The molecule has 0 aliphatic carbocycles. The summed E-state index contributed by atoms with van der Waals surface area (Å²) in [5.74, 6) is -0.581. The number of likely N-dealkylation sites (tertiary alicyclic amines) is 1. The van der Waals surface area contributed by atoms with Crippen LogP contribution in [0.3, 0.4) is 0 Å². The molecular formula is C24H26F2N4O. The van der Waals surface area contributed by atoms with Crippen molar-refractivity contribution in [2.24, 2.45) is 7.05 Å². The molecule has 0 spiro atoms. The molecule has 1 aromatic heterocycles. The van der Waals surface area contributed by atoms with Crippen LogP contribution in [0.25, 0.3) is 11.3 Å². The Balaban J connectivity index is 1.27. The molecule has 2 heterocycles. The van der Waals surface area contributed by atoms with Gasteiger partial charge in [0.05, 0.1) is 17.8 Å². The van der Waals surface area contributed by atoms with E-state index in [1.165, 1.54) is 24.3 Å². The molecule has 1 N–H and O–H groups in total. The molecule has 3 aromatic rings. The second-order valence-electron chi connectivity index (χ2n) is 8.07. The number of hydrogen-bond donors (Lipinski definition) is 1. The maximum atomic E-state index is 13.2. The summed E-state index contributed by atoms with van der Waals surface area (Å²) in [6.45, 7) is 2.55. The monoisotopic (exact) mass is 424 g/mol. The van der Waals surface area contributed by atoms with Gasteiger partial charge < -0.3 is 5.32 Å². The molecule has 2 aromatic carbocycles. The molecule has 1 aliphatic rings. The minimum atomic E-state index is -0.297. The predicted octanol–water partition coefficient (Wildman–Crippen LogP) is 3.69. The Hall–Kier alpha value is -3.06. The summed E-state index contributed by atoms with van der Waals surface area (Å²) in [5.41, 5.74) is 3.63. The van der Waals surface area contributed by atoms with Crippen LogP contribution >= 0.6 is 0 Å². The molecule has 162 valence electrons. The standard InChI is InChI=1S/C24H26F2N4O/c1-29-22(15-23(28-29)18-4-8-20(26)9-5-18)16-30-12-10-21(11-13-30)27-24(31)14-17-2-6-19(25)7-3-17/h2-9,15,21H,10-14,16H2,1H3,(H,27,31). The normalized spacial score (nSPS) is 15.2. The lowest BCUT2D eigenvalue weighted by atomic mass is 10.0. The Morgan fingerprint density at radius 3 is 2.29 bits per heavy atom. The number of rotatable bonds is 6. The highest BCUT2D eigenvalue weighted by molar-refractivity contribution is 5.78. The zero-order valence-corrected chi connectivity index (χ0v) is 17.5. The van der Waals surface area contributed by atoms with Gasteiger partial charge in [0.15, 0.2) is 0 Å². The van der Waals surface area contributed by atoms with Gasteiger partial charge in [0.25, 0.3) is 0 Å². The number of aryl methyl sites for hydroxylation is 1. The molecule has 1 fully saturated rings. The smallest absolute Gasteiger partial charge is 0.224 e. The van der Waals surface area contributed by atoms with Gasteiger partial charge in [-0.2, -0.15) is 5.10 Å². The van der Waals surface area contributed by atoms with Gasteiger partial charge in [-0.15, -0.1) is 0 Å². The van der Waals surface area contributed by atoms with E-state index < -0.39 is 0 Å². The fourth-order valence-electron chi connectivity index (χ4n) is 3.95. The molecule has 1 saturated heterocycles. The van der Waals surface area contributed by atoms with E-state index in [1.807, 2.05) is 17.8 Å². The summed E-state index contributed by atoms with van der Waals surface area (Å²) in [6, 6.07) is 14.6. The molecule has 5 nitrogen and oxygen atoms in total. The van der Waals surface area contributed by atoms with E-state index in [4.69, 9.17) is 0 Å². The first-order valence-electron chi connectivity index (χ1n) is 10.5. The average molecular weight is 424 g/mol. The van der Waals surface area contributed by atoms with E-state index in [-0.39, 0.29) is 30.0 Å². The number of nitrogens with zero attached hydrogens (tertiary/aromatic N) is 3. The number of nitrogens with one attached hydrogen (secondary N) is 1. The number of piperidine rings is 1. The zero-order valence-electron chi connectivity index (χ0n) is 17.5. The number of halogens is 2. The third-order valence-electron chi connectivity index (χ3n) is 5.73. The highest BCUT2D eigenvalue weighted by atomic mass is 19.1. The number of benzene rings is 2. The Labute approximate surface area is 180 Å². The molecular weight excluding hydrogens is 398 g/mol. The average Bonchev–Trinajstić information content (AvgIpc) is 3.12. The molecule has 1 aliphatic heterocycles. The Kier molecular flexibility index (Phi) is 6.42. The third-order valence-corrected chi connectivity index (χ3v) is 5.73. The van der Waals surface area contributed by atoms with Gasteiger partial charge in [0, 0.05) is 38.3 Å². The van der Waals surface area contributed by atoms with Gasteiger partial charge in [0.2, 0.25) is 5.91 Å². The van der Waals surface area contributed by atoms with Crippen LogP contribution in [0.15, 0.2) is 54.6 Å². The van der Waals surface area contributed by atoms with Crippen LogP contribution in [0, 0.1) is 11.6 Å². The van der Waals surface area contributed by atoms with Crippen molar-refractivity contribution < 1.29 is 13.6 Å². The molecule has 31 heavy (non-hydrogen) atoms. The van der Waals surface area contributed by atoms with Crippen molar-refractivity contribution in [2.75, 3.05) is 13.1 Å². The van der Waals surface area contributed by atoms with Crippen molar-refractivity contribution in [1.29, 1.82) is 0 Å². The minimum absolute atomic E-state index is 0.0272. The highest BCUT2D eigenvalue weighted by Gasteiger charge is 2.22. The van der Waals surface area contributed by atoms with E-state index in [0.717, 1.165) is 55.0 Å². The summed E-state index contributed by atoms with van der Waals surface area (Å²) in [6.07, 6.45) is 2.04. The van der Waals surface area contributed by atoms with Crippen molar-refractivity contribution in [3.8, 4) is 11.3 Å². The van der Waals surface area contributed by atoms with Crippen molar-refractivity contribution in [3.63, 3.8) is 0 Å². The zero-order chi connectivity index (χ0) is 21.8. The molecule has 7 heteroatoms. The lowest BCUT2D eigenvalue weighted by Gasteiger charge is -2.32. The quantitative estimate of drug-likeness (QED) is 0.657. The summed E-state index contributed by atoms with van der Waals surface area (Å²) in [4.78, 5) is 14.6. The molecule has 4 rings (SSSR count). The van der Waals surface area contributed by atoms with Crippen LogP contribution in [0.4, 0.5) is 8.78 Å². The lowest BCUT2D eigenvalue weighted by Crippen LogP contribution is -2.44. The van der Waals surface area contributed by atoms with Crippen LogP contribution in [-0.2, 0) is 24.8 Å². The number of carbonyl (C=O) groups excluding carboxylic acids is 1. The van der Waals surface area contributed by atoms with Crippen molar-refractivity contribution in [2.45, 2.75) is 31.8 Å². The number of aromatic nitrogens is 2. The Morgan fingerprint density at radius 2 is 1.65 bits per heavy atom. The van der Waals surface area contributed by atoms with Crippen LogP contribution < -0.4 is 5.32 Å². The van der Waals surface area contributed by atoms with E-state index in [9.17, 15) is 13.6 Å². The van der Waals surface area contributed by atoms with E-state index in [0.29, 0.717) is 0 Å². The fourth-order valence-corrected chi connectivity index (χ4v) is 3.95. The van der Waals surface area contributed by atoms with Crippen molar-refractivity contribution in [1.82, 2.24) is 20.0 Å². The minimum Gasteiger partial charge on any atom is -0.353 e. The van der Waals surface area contributed by atoms with Gasteiger partial charge in [-0.25, -0.2) is 8.78 Å². The Morgan fingerprint density at radius 1 is 1.03 bits per heavy atom. The van der Waals surface area contributed by atoms with Gasteiger partial charge in [-0.05, 0) is 60.9 Å². The van der Waals surface area contributed by atoms with Crippen LogP contribution in [0.1, 0.15) is 24.1 Å². The van der Waals surface area contributed by atoms with Crippen LogP contribution in [-0.4, -0.2) is 39.7 Å². The van der Waals surface area contributed by atoms with Crippen LogP contribution in [0.2, 0.25) is 0 Å². The first-order chi connectivity index (χ1) is 15.0. The molecule has 0 unspecified atom stereocenters. The molecule has 1 amide bonds. The lowest BCUT2D eigenvalue weighted by molar-refractivity contribution is -0.121. The van der Waals surface area contributed by atoms with Gasteiger partial charge in [0.1, 0.15) is 11.6 Å². The van der Waals surface area contributed by atoms with Crippen LogP contribution in [0.5, 0.6) is 0 Å². The summed E-state index contributed by atoms with van der Waals surface area (Å²) >= 11 is 0. The second kappa shape index (κ2) is 9.39. The largest absolute Gasteiger partial charge is 0.353 e. The van der Waals surface area contributed by atoms with E-state index in [1.54, 1.807) is 24.3 Å². The van der Waals surface area contributed by atoms with Crippen molar-refractivity contribution in [3.05, 3.63) is 77.5 Å². The Bertz CT molecular complexity index is 1020. The van der Waals surface area contributed by atoms with Gasteiger partial charge >= 0.3 is 0 Å². The van der Waals surface area contributed by atoms with E-state index in [2.05, 4.69) is 15.3 Å². The first kappa shape index (κ1) is 21.2. The molecule has 0 radical (unpaired) electrons. The summed E-state index contributed by atoms with van der Waals surface area (Å²) < 4.78 is 28.0. The predicted molar refractivity (Wildman–Crippen MR) is 115 cm³/mol. The topological polar surface area (TPSA) is 50.2 Å². The molecule has 0 atom stereocenters. The molecule has 0 bridgehead atoms. The second-order valence-corrected chi connectivity index (χ2v) is 8.07. The van der Waals surface area contributed by atoms with Gasteiger partial charge in [-0.1, -0.05) is 12.1 Å². The SMILES string of the molecule is Cn1nc(-c2ccc(F)cc2)cc1CN1CCC(NC(=O)Cc2ccc(F)cc2)CC1. The fraction of sp³-hybridized carbons (Fsp3) is 0.333. The summed E-state index contributed by atoms with van der Waals surface area (Å²) in [5, 5.41) is 7.66. The van der Waals surface area contributed by atoms with Crippen molar-refractivity contribution >= 4 is 5.91 Å². The van der Waals surface area contributed by atoms with Gasteiger partial charge in [-0.3, -0.25) is 14.4 Å². The number of carbonyl (C=O) groups is 1. The number of hydrogen-bond acceptors (Lipinski definition) is 3. The van der Waals surface area contributed by atoms with E-state index >= 15 is 0 Å². The molecule has 0 saturated carbocycles. The summed E-state index contributed by atoms with van der Waals surface area (Å²) in [7, 11) is 1.92. The highest BCUT2D eigenvalue weighted by Crippen LogP contribution is 2.21. The maximum absolute atomic E-state index is 13.2. The maximum Gasteiger partial charge on any atom is 0.224 e. The third kappa shape index (κ3) is 5.55. The first-order valence-corrected chi connectivity index (χ1v) is 10.5. The number of amides is 1.